The molecule has 2 fully saturated rings. The fourth-order valence-electron chi connectivity index (χ4n) is 2.21. The van der Waals surface area contributed by atoms with Crippen molar-refractivity contribution in [2.24, 2.45) is 11.8 Å². The molecule has 0 spiro atoms. The quantitative estimate of drug-likeness (QED) is 0.663. The highest BCUT2D eigenvalue weighted by molar-refractivity contribution is 4.96. The van der Waals surface area contributed by atoms with Crippen molar-refractivity contribution in [3.05, 3.63) is 0 Å². The smallest absolute Gasteiger partial charge is 0.0102 e. The van der Waals surface area contributed by atoms with Gasteiger partial charge in [-0.25, -0.2) is 0 Å². The van der Waals surface area contributed by atoms with Gasteiger partial charge in [0, 0.05) is 12.1 Å². The first-order valence-electron chi connectivity index (χ1n) is 5.57. The van der Waals surface area contributed by atoms with E-state index in [4.69, 9.17) is 0 Å². The van der Waals surface area contributed by atoms with Crippen molar-refractivity contribution >= 4 is 0 Å². The molecule has 0 aromatic carbocycles. The third-order valence-electron chi connectivity index (χ3n) is 3.39. The van der Waals surface area contributed by atoms with E-state index in [2.05, 4.69) is 19.2 Å². The summed E-state index contributed by atoms with van der Waals surface area (Å²) in [4.78, 5) is 0. The van der Waals surface area contributed by atoms with Gasteiger partial charge in [0.25, 0.3) is 0 Å². The lowest BCUT2D eigenvalue weighted by Gasteiger charge is -2.11. The van der Waals surface area contributed by atoms with Gasteiger partial charge >= 0.3 is 0 Å². The van der Waals surface area contributed by atoms with Gasteiger partial charge in [-0.1, -0.05) is 13.3 Å². The Labute approximate surface area is 75.9 Å². The average molecular weight is 167 g/mol. The lowest BCUT2D eigenvalue weighted by molar-refractivity contribution is 0.472. The summed E-state index contributed by atoms with van der Waals surface area (Å²) < 4.78 is 0. The predicted octanol–water partition coefficient (Wildman–Crippen LogP) is 2.56. The molecule has 0 aromatic heterocycles. The molecule has 2 aliphatic rings. The maximum absolute atomic E-state index is 3.75. The summed E-state index contributed by atoms with van der Waals surface area (Å²) in [5, 5.41) is 3.75. The molecule has 12 heavy (non-hydrogen) atoms. The first kappa shape index (κ1) is 8.55. The molecule has 0 amide bonds. The Hall–Kier alpha value is -0.0400. The van der Waals surface area contributed by atoms with E-state index in [0.717, 1.165) is 23.9 Å². The van der Waals surface area contributed by atoms with Gasteiger partial charge in [-0.05, 0) is 44.4 Å². The first-order chi connectivity index (χ1) is 5.81. The fourth-order valence-corrected chi connectivity index (χ4v) is 2.21. The van der Waals surface area contributed by atoms with E-state index in [-0.39, 0.29) is 0 Å². The Morgan fingerprint density at radius 2 is 2.17 bits per heavy atom. The SMILES string of the molecule is CCCC1CC1NC(C)C1CC1. The number of rotatable bonds is 5. The maximum atomic E-state index is 3.75. The Balaban J connectivity index is 1.62. The van der Waals surface area contributed by atoms with Crippen molar-refractivity contribution in [2.75, 3.05) is 0 Å². The van der Waals surface area contributed by atoms with E-state index in [1.54, 1.807) is 0 Å². The molecular weight excluding hydrogens is 146 g/mol. The third-order valence-corrected chi connectivity index (χ3v) is 3.39. The van der Waals surface area contributed by atoms with Crippen LogP contribution in [0.3, 0.4) is 0 Å². The molecule has 0 saturated heterocycles. The fraction of sp³-hybridized carbons (Fsp3) is 1.00. The van der Waals surface area contributed by atoms with Crippen LogP contribution in [0, 0.1) is 11.8 Å². The van der Waals surface area contributed by atoms with E-state index in [1.165, 1.54) is 32.1 Å². The molecule has 2 rings (SSSR count). The summed E-state index contributed by atoms with van der Waals surface area (Å²) in [6, 6.07) is 1.69. The molecule has 1 nitrogen and oxygen atoms in total. The highest BCUT2D eigenvalue weighted by Crippen LogP contribution is 2.38. The van der Waals surface area contributed by atoms with Gasteiger partial charge in [-0.2, -0.15) is 0 Å². The normalized spacial score (nSPS) is 36.5. The zero-order valence-electron chi connectivity index (χ0n) is 8.34. The Kier molecular flexibility index (Phi) is 2.40. The number of nitrogens with one attached hydrogen (secondary N) is 1. The van der Waals surface area contributed by atoms with Crippen molar-refractivity contribution < 1.29 is 0 Å². The molecule has 1 heteroatoms. The van der Waals surface area contributed by atoms with Crippen LogP contribution in [-0.2, 0) is 0 Å². The second kappa shape index (κ2) is 3.37. The first-order valence-corrected chi connectivity index (χ1v) is 5.57. The van der Waals surface area contributed by atoms with E-state index < -0.39 is 0 Å². The number of hydrogen-bond donors (Lipinski definition) is 1. The Morgan fingerprint density at radius 3 is 2.75 bits per heavy atom. The molecule has 0 bridgehead atoms. The third kappa shape index (κ3) is 2.01. The summed E-state index contributed by atoms with van der Waals surface area (Å²) in [5.74, 6) is 2.05. The predicted molar refractivity (Wildman–Crippen MR) is 52.1 cm³/mol. The van der Waals surface area contributed by atoms with Gasteiger partial charge in [-0.3, -0.25) is 0 Å². The van der Waals surface area contributed by atoms with Gasteiger partial charge in [0.05, 0.1) is 0 Å². The van der Waals surface area contributed by atoms with E-state index in [0.29, 0.717) is 0 Å². The summed E-state index contributed by atoms with van der Waals surface area (Å²) in [6.45, 7) is 4.65. The van der Waals surface area contributed by atoms with Crippen molar-refractivity contribution in [1.82, 2.24) is 5.32 Å². The van der Waals surface area contributed by atoms with Crippen LogP contribution >= 0.6 is 0 Å². The largest absolute Gasteiger partial charge is 0.311 e. The minimum atomic E-state index is 0.803. The van der Waals surface area contributed by atoms with Gasteiger partial charge in [0.2, 0.25) is 0 Å². The van der Waals surface area contributed by atoms with Crippen LogP contribution in [0.2, 0.25) is 0 Å². The van der Waals surface area contributed by atoms with Gasteiger partial charge in [-0.15, -0.1) is 0 Å². The van der Waals surface area contributed by atoms with Crippen molar-refractivity contribution in [3.8, 4) is 0 Å². The van der Waals surface area contributed by atoms with Crippen LogP contribution in [0.1, 0.15) is 46.0 Å². The molecule has 0 heterocycles. The highest BCUT2D eigenvalue weighted by Gasteiger charge is 2.39. The zero-order chi connectivity index (χ0) is 8.55. The lowest BCUT2D eigenvalue weighted by atomic mass is 10.2. The van der Waals surface area contributed by atoms with Crippen LogP contribution in [-0.4, -0.2) is 12.1 Å². The molecule has 1 N–H and O–H groups in total. The molecular formula is C11H21N. The maximum Gasteiger partial charge on any atom is 0.0102 e. The highest BCUT2D eigenvalue weighted by atomic mass is 15.0. The minimum Gasteiger partial charge on any atom is -0.311 e. The molecule has 2 aliphatic carbocycles. The average Bonchev–Trinajstić information content (AvgIpc) is 2.81. The standard InChI is InChI=1S/C11H21N/c1-3-4-10-7-11(10)12-8(2)9-5-6-9/h8-12H,3-7H2,1-2H3. The monoisotopic (exact) mass is 167 g/mol. The van der Waals surface area contributed by atoms with E-state index >= 15 is 0 Å². The van der Waals surface area contributed by atoms with E-state index in [9.17, 15) is 0 Å². The van der Waals surface area contributed by atoms with Crippen LogP contribution in [0.4, 0.5) is 0 Å². The van der Waals surface area contributed by atoms with Gasteiger partial charge < -0.3 is 5.32 Å². The molecule has 3 atom stereocenters. The second-order valence-corrected chi connectivity index (χ2v) is 4.68. The molecule has 2 saturated carbocycles. The second-order valence-electron chi connectivity index (χ2n) is 4.68. The zero-order valence-corrected chi connectivity index (χ0v) is 8.34. The van der Waals surface area contributed by atoms with Crippen LogP contribution in [0.25, 0.3) is 0 Å². The van der Waals surface area contributed by atoms with Gasteiger partial charge in [0.15, 0.2) is 0 Å². The molecule has 70 valence electrons. The summed E-state index contributed by atoms with van der Waals surface area (Å²) in [7, 11) is 0. The summed E-state index contributed by atoms with van der Waals surface area (Å²) >= 11 is 0. The molecule has 3 unspecified atom stereocenters. The minimum absolute atomic E-state index is 0.803. The topological polar surface area (TPSA) is 12.0 Å². The van der Waals surface area contributed by atoms with Crippen molar-refractivity contribution in [3.63, 3.8) is 0 Å². The summed E-state index contributed by atoms with van der Waals surface area (Å²) in [5.41, 5.74) is 0. The van der Waals surface area contributed by atoms with Crippen LogP contribution in [0.5, 0.6) is 0 Å². The number of hydrogen-bond acceptors (Lipinski definition) is 1. The molecule has 0 radical (unpaired) electrons. The molecule has 0 aromatic rings. The Morgan fingerprint density at radius 1 is 1.42 bits per heavy atom. The van der Waals surface area contributed by atoms with Gasteiger partial charge in [0.1, 0.15) is 0 Å². The summed E-state index contributed by atoms with van der Waals surface area (Å²) in [6.07, 6.45) is 7.19. The lowest BCUT2D eigenvalue weighted by Crippen LogP contribution is -2.30. The van der Waals surface area contributed by atoms with Crippen molar-refractivity contribution in [1.29, 1.82) is 0 Å². The molecule has 0 aliphatic heterocycles. The van der Waals surface area contributed by atoms with Crippen LogP contribution < -0.4 is 5.32 Å². The van der Waals surface area contributed by atoms with Crippen molar-refractivity contribution in [2.45, 2.75) is 58.0 Å². The van der Waals surface area contributed by atoms with E-state index in [1.807, 2.05) is 0 Å². The Bertz CT molecular complexity index is 151. The van der Waals surface area contributed by atoms with Crippen LogP contribution in [0.15, 0.2) is 0 Å².